The van der Waals surface area contributed by atoms with E-state index in [0.717, 1.165) is 5.75 Å². The Hall–Kier alpha value is -2.86. The molecule has 1 aliphatic rings. The molecule has 1 aliphatic heterocycles. The number of hydrogen-bond acceptors (Lipinski definition) is 4. The second kappa shape index (κ2) is 8.49. The summed E-state index contributed by atoms with van der Waals surface area (Å²) in [5, 5.41) is 2.79. The molecule has 1 saturated heterocycles. The molecule has 2 aromatic rings. The average molecular weight is 354 g/mol. The van der Waals surface area contributed by atoms with E-state index in [1.54, 1.807) is 29.2 Å². The molecular weight excluding hydrogens is 332 g/mol. The van der Waals surface area contributed by atoms with E-state index in [2.05, 4.69) is 5.32 Å². The molecule has 0 radical (unpaired) electrons. The summed E-state index contributed by atoms with van der Waals surface area (Å²) >= 11 is 0. The van der Waals surface area contributed by atoms with Crippen molar-refractivity contribution in [2.24, 2.45) is 0 Å². The van der Waals surface area contributed by atoms with Crippen LogP contribution in [0.15, 0.2) is 54.6 Å². The second-order valence-electron chi connectivity index (χ2n) is 5.97. The maximum atomic E-state index is 12.2. The van der Waals surface area contributed by atoms with Crippen LogP contribution in [0.5, 0.6) is 11.5 Å². The number of ether oxygens (including phenoxy) is 2. The average Bonchev–Trinajstić information content (AvgIpc) is 2.66. The maximum Gasteiger partial charge on any atom is 0.252 e. The molecule has 1 N–H and O–H groups in total. The minimum absolute atomic E-state index is 0.0115. The van der Waals surface area contributed by atoms with E-state index >= 15 is 0 Å². The molecule has 6 heteroatoms. The van der Waals surface area contributed by atoms with Crippen molar-refractivity contribution in [1.82, 2.24) is 4.90 Å². The number of amides is 2. The predicted molar refractivity (Wildman–Crippen MR) is 98.2 cm³/mol. The summed E-state index contributed by atoms with van der Waals surface area (Å²) in [5.74, 6) is 1.05. The number of nitrogens with one attached hydrogen (secondary N) is 1. The van der Waals surface area contributed by atoms with Crippen molar-refractivity contribution < 1.29 is 19.1 Å². The largest absolute Gasteiger partial charge is 0.457 e. The Balaban J connectivity index is 1.53. The first-order valence-corrected chi connectivity index (χ1v) is 8.69. The fourth-order valence-corrected chi connectivity index (χ4v) is 2.76. The first kappa shape index (κ1) is 17.9. The molecule has 1 fully saturated rings. The summed E-state index contributed by atoms with van der Waals surface area (Å²) in [6.45, 7) is 3.59. The van der Waals surface area contributed by atoms with Gasteiger partial charge in [-0.2, -0.15) is 0 Å². The minimum Gasteiger partial charge on any atom is -0.457 e. The summed E-state index contributed by atoms with van der Waals surface area (Å²) in [6.07, 6.45) is -0.693. The van der Waals surface area contributed by atoms with Crippen molar-refractivity contribution in [1.29, 1.82) is 0 Å². The van der Waals surface area contributed by atoms with Gasteiger partial charge in [0.1, 0.15) is 17.6 Å². The van der Waals surface area contributed by atoms with Crippen LogP contribution >= 0.6 is 0 Å². The van der Waals surface area contributed by atoms with E-state index in [1.807, 2.05) is 37.3 Å². The molecular formula is C20H22N2O4. The first-order chi connectivity index (χ1) is 12.7. The number of rotatable bonds is 6. The number of anilines is 1. The Bertz CT molecular complexity index is 746. The van der Waals surface area contributed by atoms with Crippen LogP contribution < -0.4 is 10.1 Å². The third-order valence-electron chi connectivity index (χ3n) is 4.14. The Labute approximate surface area is 152 Å². The van der Waals surface area contributed by atoms with E-state index in [4.69, 9.17) is 9.47 Å². The van der Waals surface area contributed by atoms with Crippen LogP contribution in [0, 0.1) is 0 Å². The predicted octanol–water partition coefficient (Wildman–Crippen LogP) is 3.05. The molecule has 136 valence electrons. The summed E-state index contributed by atoms with van der Waals surface area (Å²) in [5.41, 5.74) is 0.644. The smallest absolute Gasteiger partial charge is 0.252 e. The van der Waals surface area contributed by atoms with Gasteiger partial charge in [-0.25, -0.2) is 0 Å². The topological polar surface area (TPSA) is 67.9 Å². The zero-order valence-corrected chi connectivity index (χ0v) is 14.7. The fourth-order valence-electron chi connectivity index (χ4n) is 2.76. The van der Waals surface area contributed by atoms with Gasteiger partial charge in [-0.1, -0.05) is 18.2 Å². The normalized spacial score (nSPS) is 17.0. The van der Waals surface area contributed by atoms with Crippen LogP contribution in [0.2, 0.25) is 0 Å². The number of nitrogens with zero attached hydrogens (tertiary/aromatic N) is 1. The molecule has 2 aromatic carbocycles. The van der Waals surface area contributed by atoms with E-state index in [1.165, 1.54) is 0 Å². The molecule has 0 aliphatic carbocycles. The number of para-hydroxylation sites is 1. The molecule has 0 unspecified atom stereocenters. The monoisotopic (exact) mass is 354 g/mol. The number of carbonyl (C=O) groups is 2. The van der Waals surface area contributed by atoms with E-state index in [-0.39, 0.29) is 18.2 Å². The third-order valence-corrected chi connectivity index (χ3v) is 4.14. The van der Waals surface area contributed by atoms with Crippen molar-refractivity contribution in [3.8, 4) is 11.5 Å². The molecule has 6 nitrogen and oxygen atoms in total. The lowest BCUT2D eigenvalue weighted by atomic mass is 10.1. The highest BCUT2D eigenvalue weighted by atomic mass is 16.5. The highest BCUT2D eigenvalue weighted by Crippen LogP contribution is 2.23. The van der Waals surface area contributed by atoms with Crippen LogP contribution in [0.1, 0.15) is 13.3 Å². The molecule has 0 aromatic heterocycles. The van der Waals surface area contributed by atoms with Gasteiger partial charge in [0.05, 0.1) is 13.0 Å². The lowest BCUT2D eigenvalue weighted by Gasteiger charge is -2.31. The lowest BCUT2D eigenvalue weighted by Crippen LogP contribution is -2.48. The number of benzene rings is 2. The molecule has 2 amide bonds. The Morgan fingerprint density at radius 3 is 2.54 bits per heavy atom. The summed E-state index contributed by atoms with van der Waals surface area (Å²) in [6, 6.07) is 16.6. The number of carbonyl (C=O) groups excluding carboxylic acids is 2. The van der Waals surface area contributed by atoms with Gasteiger partial charge in [0.15, 0.2) is 0 Å². The van der Waals surface area contributed by atoms with Gasteiger partial charge in [-0.05, 0) is 43.3 Å². The first-order valence-electron chi connectivity index (χ1n) is 8.69. The Morgan fingerprint density at radius 2 is 1.85 bits per heavy atom. The van der Waals surface area contributed by atoms with Gasteiger partial charge in [0, 0.05) is 18.8 Å². The van der Waals surface area contributed by atoms with Crippen LogP contribution in [-0.4, -0.2) is 42.5 Å². The zero-order chi connectivity index (χ0) is 18.4. The van der Waals surface area contributed by atoms with E-state index < -0.39 is 6.10 Å². The van der Waals surface area contributed by atoms with Crippen molar-refractivity contribution in [3.05, 3.63) is 54.6 Å². The van der Waals surface area contributed by atoms with Crippen molar-refractivity contribution >= 4 is 17.5 Å². The quantitative estimate of drug-likeness (QED) is 0.866. The van der Waals surface area contributed by atoms with Gasteiger partial charge in [-0.3, -0.25) is 9.59 Å². The Morgan fingerprint density at radius 1 is 1.15 bits per heavy atom. The van der Waals surface area contributed by atoms with Gasteiger partial charge in [0.25, 0.3) is 5.91 Å². The highest BCUT2D eigenvalue weighted by Gasteiger charge is 2.30. The minimum atomic E-state index is -0.704. The number of morpholine rings is 1. The molecule has 1 atom stereocenters. The van der Waals surface area contributed by atoms with Gasteiger partial charge < -0.3 is 19.7 Å². The second-order valence-corrected chi connectivity index (χ2v) is 5.97. The third kappa shape index (κ3) is 4.61. The van der Waals surface area contributed by atoms with Crippen molar-refractivity contribution in [3.63, 3.8) is 0 Å². The number of likely N-dealkylation sites (N-methyl/N-ethyl adjacent to an activating group) is 1. The van der Waals surface area contributed by atoms with Crippen LogP contribution in [0.4, 0.5) is 5.69 Å². The standard InChI is InChI=1S/C20H22N2O4/c1-2-22-12-13-25-18(20(22)24)14-19(23)21-15-8-10-17(11-9-15)26-16-6-4-3-5-7-16/h3-11,18H,2,12-14H2,1H3,(H,21,23)/t18-/m0/s1. The van der Waals surface area contributed by atoms with Gasteiger partial charge in [0.2, 0.25) is 5.91 Å². The fraction of sp³-hybridized carbons (Fsp3) is 0.300. The van der Waals surface area contributed by atoms with Crippen LogP contribution in [0.3, 0.4) is 0 Å². The maximum absolute atomic E-state index is 12.2. The highest BCUT2D eigenvalue weighted by molar-refractivity contribution is 5.95. The molecule has 3 rings (SSSR count). The van der Waals surface area contributed by atoms with Gasteiger partial charge in [-0.15, -0.1) is 0 Å². The van der Waals surface area contributed by atoms with Crippen molar-refractivity contribution in [2.75, 3.05) is 25.0 Å². The van der Waals surface area contributed by atoms with Crippen molar-refractivity contribution in [2.45, 2.75) is 19.4 Å². The molecule has 0 spiro atoms. The molecule has 26 heavy (non-hydrogen) atoms. The van der Waals surface area contributed by atoms with E-state index in [0.29, 0.717) is 31.1 Å². The molecule has 0 bridgehead atoms. The Kier molecular flexibility index (Phi) is 5.86. The van der Waals surface area contributed by atoms with E-state index in [9.17, 15) is 9.59 Å². The summed E-state index contributed by atoms with van der Waals surface area (Å²) in [7, 11) is 0. The molecule has 0 saturated carbocycles. The van der Waals surface area contributed by atoms with Gasteiger partial charge >= 0.3 is 0 Å². The summed E-state index contributed by atoms with van der Waals surface area (Å²) < 4.78 is 11.2. The number of hydrogen-bond donors (Lipinski definition) is 1. The SMILES string of the molecule is CCN1CCO[C@@H](CC(=O)Nc2ccc(Oc3ccccc3)cc2)C1=O. The van der Waals surface area contributed by atoms with Crippen LogP contribution in [-0.2, 0) is 14.3 Å². The summed E-state index contributed by atoms with van der Waals surface area (Å²) in [4.78, 5) is 26.1. The molecule has 1 heterocycles. The zero-order valence-electron chi connectivity index (χ0n) is 14.7. The lowest BCUT2D eigenvalue weighted by molar-refractivity contribution is -0.154. The van der Waals surface area contributed by atoms with Crippen LogP contribution in [0.25, 0.3) is 0 Å².